The first kappa shape index (κ1) is 12.4. The molecule has 1 rings (SSSR count). The second-order valence-corrected chi connectivity index (χ2v) is 4.23. The average molecular weight is 259 g/mol. The summed E-state index contributed by atoms with van der Waals surface area (Å²) in [7, 11) is -5.79. The fourth-order valence-corrected chi connectivity index (χ4v) is 1.18. The summed E-state index contributed by atoms with van der Waals surface area (Å²) >= 11 is 0. The van der Waals surface area contributed by atoms with Gasteiger partial charge in [0.2, 0.25) is 17.8 Å². The lowest BCUT2D eigenvalue weighted by Crippen LogP contribution is -2.51. The van der Waals surface area contributed by atoms with Gasteiger partial charge in [0.1, 0.15) is 6.42 Å². The zero-order valence-corrected chi connectivity index (χ0v) is 8.15. The molecule has 1 aliphatic rings. The Kier molecular flexibility index (Phi) is 2.90. The topological polar surface area (TPSA) is 105 Å². The van der Waals surface area contributed by atoms with E-state index in [0.717, 1.165) is 0 Å². The summed E-state index contributed by atoms with van der Waals surface area (Å²) in [6.45, 7) is 0. The number of hydrogen-bond acceptors (Lipinski definition) is 4. The van der Waals surface area contributed by atoms with Crippen molar-refractivity contribution >= 4 is 27.8 Å². The largest absolute Gasteiger partial charge is 0.518 e. The normalized spacial score (nSPS) is 17.8. The molecule has 0 aromatic carbocycles. The number of nitrogens with one attached hydrogen (secondary N) is 2. The second-order valence-electron chi connectivity index (χ2n) is 2.63. The van der Waals surface area contributed by atoms with Gasteiger partial charge in [0.25, 0.3) is 0 Å². The van der Waals surface area contributed by atoms with Crippen LogP contribution in [0.4, 0.5) is 13.2 Å². The van der Waals surface area contributed by atoms with Crippen molar-refractivity contribution in [2.24, 2.45) is 4.40 Å². The monoisotopic (exact) mass is 259 g/mol. The van der Waals surface area contributed by atoms with E-state index in [1.807, 2.05) is 0 Å². The molecule has 2 amide bonds. The summed E-state index contributed by atoms with van der Waals surface area (Å²) < 4.78 is 58.9. The molecule has 1 aliphatic heterocycles. The average Bonchev–Trinajstić information content (AvgIpc) is 1.97. The van der Waals surface area contributed by atoms with Gasteiger partial charge in [0, 0.05) is 0 Å². The van der Waals surface area contributed by atoms with E-state index >= 15 is 0 Å². The first-order valence-corrected chi connectivity index (χ1v) is 5.07. The van der Waals surface area contributed by atoms with Crippen LogP contribution in [-0.4, -0.2) is 31.7 Å². The highest BCUT2D eigenvalue weighted by Gasteiger charge is 2.46. The maximum absolute atomic E-state index is 11.9. The maximum atomic E-state index is 11.9. The van der Waals surface area contributed by atoms with E-state index < -0.39 is 39.7 Å². The second kappa shape index (κ2) is 3.73. The fourth-order valence-electron chi connectivity index (χ4n) is 0.747. The van der Waals surface area contributed by atoms with Crippen LogP contribution in [0, 0.1) is 0 Å². The molecule has 90 valence electrons. The highest BCUT2D eigenvalue weighted by Crippen LogP contribution is 2.24. The molecule has 0 spiro atoms. The minimum Gasteiger partial charge on any atom is -0.295 e. The number of guanidine groups is 1. The van der Waals surface area contributed by atoms with E-state index in [9.17, 15) is 31.2 Å². The third kappa shape index (κ3) is 2.68. The van der Waals surface area contributed by atoms with Gasteiger partial charge in [0.15, 0.2) is 0 Å². The summed E-state index contributed by atoms with van der Waals surface area (Å²) in [6, 6.07) is 0. The molecule has 7 nitrogen and oxygen atoms in total. The Balaban J connectivity index is 3.02. The van der Waals surface area contributed by atoms with Gasteiger partial charge in [-0.15, -0.1) is 4.40 Å². The van der Waals surface area contributed by atoms with E-state index in [1.165, 1.54) is 0 Å². The maximum Gasteiger partial charge on any atom is 0.518 e. The summed E-state index contributed by atoms with van der Waals surface area (Å²) in [6.07, 6.45) is -0.606. The highest BCUT2D eigenvalue weighted by molar-refractivity contribution is 7.91. The van der Waals surface area contributed by atoms with Crippen LogP contribution >= 0.6 is 0 Å². The van der Waals surface area contributed by atoms with Gasteiger partial charge in [0.05, 0.1) is 0 Å². The molecule has 1 fully saturated rings. The zero-order valence-electron chi connectivity index (χ0n) is 7.33. The molecule has 0 bridgehead atoms. The Hall–Kier alpha value is -1.65. The lowest BCUT2D eigenvalue weighted by Gasteiger charge is -2.15. The number of hydrogen-bond donors (Lipinski definition) is 2. The van der Waals surface area contributed by atoms with E-state index in [4.69, 9.17) is 0 Å². The molecule has 0 atom stereocenters. The van der Waals surface area contributed by atoms with Crippen LogP contribution in [0.5, 0.6) is 0 Å². The van der Waals surface area contributed by atoms with Gasteiger partial charge < -0.3 is 0 Å². The molecule has 2 N–H and O–H groups in total. The van der Waals surface area contributed by atoms with Crippen LogP contribution in [0.1, 0.15) is 6.42 Å². The molecule has 0 radical (unpaired) electrons. The minimum absolute atomic E-state index is 0.606. The number of carbonyl (C=O) groups is 2. The highest BCUT2D eigenvalue weighted by atomic mass is 32.2. The van der Waals surface area contributed by atoms with E-state index in [1.54, 1.807) is 10.6 Å². The molecule has 0 aromatic heterocycles. The van der Waals surface area contributed by atoms with Crippen molar-refractivity contribution in [1.29, 1.82) is 0 Å². The number of amides is 2. The van der Waals surface area contributed by atoms with Gasteiger partial charge in [-0.25, -0.2) is 0 Å². The van der Waals surface area contributed by atoms with Crippen LogP contribution in [-0.2, 0) is 19.6 Å². The Bertz CT molecular complexity index is 448. The molecular weight excluding hydrogens is 255 g/mol. The van der Waals surface area contributed by atoms with Crippen molar-refractivity contribution in [3.63, 3.8) is 0 Å². The Morgan fingerprint density at radius 1 is 1.12 bits per heavy atom. The SMILES string of the molecule is O=C1CC(=O)NC(=NS(=O)(=O)C(F)(F)F)N1. The van der Waals surface area contributed by atoms with Crippen LogP contribution in [0.25, 0.3) is 0 Å². The predicted octanol–water partition coefficient (Wildman–Crippen LogP) is -1.17. The predicted molar refractivity (Wildman–Crippen MR) is 43.3 cm³/mol. The van der Waals surface area contributed by atoms with Gasteiger partial charge >= 0.3 is 15.5 Å². The van der Waals surface area contributed by atoms with E-state index in [0.29, 0.717) is 0 Å². The van der Waals surface area contributed by atoms with Gasteiger partial charge in [-0.3, -0.25) is 20.2 Å². The van der Waals surface area contributed by atoms with Crippen molar-refractivity contribution < 1.29 is 31.2 Å². The number of rotatable bonds is 1. The Morgan fingerprint density at radius 2 is 1.56 bits per heavy atom. The molecule has 1 heterocycles. The summed E-state index contributed by atoms with van der Waals surface area (Å²) in [5, 5.41) is 3.35. The first-order chi connectivity index (χ1) is 7.12. The van der Waals surface area contributed by atoms with Gasteiger partial charge in [-0.2, -0.15) is 21.6 Å². The minimum atomic E-state index is -5.79. The standard InChI is InChI=1S/C5H4F3N3O4S/c6-5(7,8)16(14,15)11-4-9-2(12)1-3(13)10-4/h1H2,(H2,9,10,11,12,13). The van der Waals surface area contributed by atoms with Crippen molar-refractivity contribution in [2.75, 3.05) is 0 Å². The van der Waals surface area contributed by atoms with Crippen LogP contribution in [0.15, 0.2) is 4.40 Å². The molecule has 16 heavy (non-hydrogen) atoms. The Morgan fingerprint density at radius 3 is 1.94 bits per heavy atom. The zero-order chi connectivity index (χ0) is 12.6. The summed E-state index contributed by atoms with van der Waals surface area (Å²) in [5.41, 5.74) is -5.59. The first-order valence-electron chi connectivity index (χ1n) is 3.63. The molecule has 0 saturated carbocycles. The molecule has 11 heteroatoms. The smallest absolute Gasteiger partial charge is 0.295 e. The van der Waals surface area contributed by atoms with Crippen LogP contribution in [0.2, 0.25) is 0 Å². The molecule has 1 saturated heterocycles. The quantitative estimate of drug-likeness (QED) is 0.579. The van der Waals surface area contributed by atoms with Crippen LogP contribution < -0.4 is 10.6 Å². The number of sulfonamides is 1. The van der Waals surface area contributed by atoms with Crippen molar-refractivity contribution in [1.82, 2.24) is 10.6 Å². The summed E-state index contributed by atoms with van der Waals surface area (Å²) in [4.78, 5) is 21.4. The third-order valence-corrected chi connectivity index (χ3v) is 2.35. The number of alkyl halides is 3. The van der Waals surface area contributed by atoms with Crippen molar-refractivity contribution in [2.45, 2.75) is 11.9 Å². The lowest BCUT2D eigenvalue weighted by molar-refractivity contribution is -0.129. The Labute approximate surface area is 86.8 Å². The molecule has 0 unspecified atom stereocenters. The number of nitrogens with zero attached hydrogens (tertiary/aromatic N) is 1. The van der Waals surface area contributed by atoms with E-state index in [2.05, 4.69) is 4.40 Å². The van der Waals surface area contributed by atoms with Crippen molar-refractivity contribution in [3.05, 3.63) is 0 Å². The van der Waals surface area contributed by atoms with Gasteiger partial charge in [-0.05, 0) is 0 Å². The molecule has 0 aliphatic carbocycles. The van der Waals surface area contributed by atoms with Gasteiger partial charge in [-0.1, -0.05) is 0 Å². The number of halogens is 3. The lowest BCUT2D eigenvalue weighted by atomic mass is 10.3. The fraction of sp³-hybridized carbons (Fsp3) is 0.400. The molecular formula is C5H4F3N3O4S. The van der Waals surface area contributed by atoms with Crippen molar-refractivity contribution in [3.8, 4) is 0 Å². The van der Waals surface area contributed by atoms with E-state index in [-0.39, 0.29) is 0 Å². The van der Waals surface area contributed by atoms with Crippen LogP contribution in [0.3, 0.4) is 0 Å². The third-order valence-electron chi connectivity index (χ3n) is 1.34. The summed E-state index contributed by atoms with van der Waals surface area (Å²) in [5.74, 6) is -2.95. The molecule has 0 aromatic rings. The number of carbonyl (C=O) groups excluding carboxylic acids is 2.